The minimum absolute atomic E-state index is 0.0000170. The highest BCUT2D eigenvalue weighted by molar-refractivity contribution is 5.81. The summed E-state index contributed by atoms with van der Waals surface area (Å²) in [5, 5.41) is 3.08. The molecule has 5 N–H and O–H groups in total. The third-order valence-electron chi connectivity index (χ3n) is 3.91. The van der Waals surface area contributed by atoms with Crippen LogP contribution in [0.5, 0.6) is 0 Å². The van der Waals surface area contributed by atoms with Crippen molar-refractivity contribution in [2.45, 2.75) is 64.1 Å². The Labute approximate surface area is 117 Å². The quantitative estimate of drug-likeness (QED) is 0.586. The average Bonchev–Trinajstić information content (AvgIpc) is 2.39. The SMILES string of the molecule is CC(C)N1CCC(NC(=O)[C@@H](N)CCCCN)CC1. The van der Waals surface area contributed by atoms with Gasteiger partial charge in [-0.05, 0) is 46.1 Å². The van der Waals surface area contributed by atoms with E-state index in [2.05, 4.69) is 24.1 Å². The predicted molar refractivity (Wildman–Crippen MR) is 78.8 cm³/mol. The molecular formula is C14H30N4O. The van der Waals surface area contributed by atoms with E-state index in [4.69, 9.17) is 11.5 Å². The highest BCUT2D eigenvalue weighted by Crippen LogP contribution is 2.13. The number of likely N-dealkylation sites (tertiary alicyclic amines) is 1. The lowest BCUT2D eigenvalue weighted by Crippen LogP contribution is -2.50. The fraction of sp³-hybridized carbons (Fsp3) is 0.929. The van der Waals surface area contributed by atoms with E-state index in [1.165, 1.54) is 0 Å². The molecule has 0 unspecified atom stereocenters. The lowest BCUT2D eigenvalue weighted by atomic mass is 10.0. The molecule has 0 radical (unpaired) electrons. The van der Waals surface area contributed by atoms with Crippen LogP contribution in [0.3, 0.4) is 0 Å². The molecule has 1 fully saturated rings. The minimum atomic E-state index is -0.380. The summed E-state index contributed by atoms with van der Waals surface area (Å²) in [6.07, 6.45) is 4.65. The van der Waals surface area contributed by atoms with Crippen LogP contribution in [-0.2, 0) is 4.79 Å². The van der Waals surface area contributed by atoms with Crippen molar-refractivity contribution >= 4 is 5.91 Å². The molecule has 0 spiro atoms. The number of carbonyl (C=O) groups is 1. The molecule has 0 aromatic rings. The molecule has 5 heteroatoms. The van der Waals surface area contributed by atoms with Gasteiger partial charge in [-0.1, -0.05) is 6.42 Å². The van der Waals surface area contributed by atoms with Crippen molar-refractivity contribution in [3.63, 3.8) is 0 Å². The van der Waals surface area contributed by atoms with Crippen LogP contribution in [0.15, 0.2) is 0 Å². The lowest BCUT2D eigenvalue weighted by Gasteiger charge is -2.35. The topological polar surface area (TPSA) is 84.4 Å². The van der Waals surface area contributed by atoms with Gasteiger partial charge in [0.2, 0.25) is 5.91 Å². The molecule has 0 bridgehead atoms. The van der Waals surface area contributed by atoms with Gasteiger partial charge in [0.05, 0.1) is 6.04 Å². The number of carbonyl (C=O) groups excluding carboxylic acids is 1. The zero-order valence-electron chi connectivity index (χ0n) is 12.4. The van der Waals surface area contributed by atoms with Crippen LogP contribution in [0.2, 0.25) is 0 Å². The number of nitrogens with zero attached hydrogens (tertiary/aromatic N) is 1. The second-order valence-electron chi connectivity index (χ2n) is 5.80. The van der Waals surface area contributed by atoms with E-state index in [9.17, 15) is 4.79 Å². The molecule has 1 saturated heterocycles. The van der Waals surface area contributed by atoms with E-state index in [0.717, 1.165) is 45.2 Å². The summed E-state index contributed by atoms with van der Waals surface area (Å²) in [5.41, 5.74) is 11.3. The predicted octanol–water partition coefficient (Wildman–Crippen LogP) is 0.432. The maximum atomic E-state index is 11.9. The van der Waals surface area contributed by atoms with Crippen LogP contribution in [0.1, 0.15) is 46.0 Å². The van der Waals surface area contributed by atoms with Crippen molar-refractivity contribution in [3.05, 3.63) is 0 Å². The van der Waals surface area contributed by atoms with Gasteiger partial charge in [0.1, 0.15) is 0 Å². The van der Waals surface area contributed by atoms with Crippen molar-refractivity contribution in [2.24, 2.45) is 11.5 Å². The third-order valence-corrected chi connectivity index (χ3v) is 3.91. The smallest absolute Gasteiger partial charge is 0.237 e. The zero-order chi connectivity index (χ0) is 14.3. The summed E-state index contributed by atoms with van der Waals surface area (Å²) in [6, 6.07) is 0.507. The van der Waals surface area contributed by atoms with Crippen molar-refractivity contribution in [1.82, 2.24) is 10.2 Å². The summed E-state index contributed by atoms with van der Waals surface area (Å²) in [5.74, 6) is 0.0000170. The lowest BCUT2D eigenvalue weighted by molar-refractivity contribution is -0.123. The van der Waals surface area contributed by atoms with E-state index in [1.807, 2.05) is 0 Å². The van der Waals surface area contributed by atoms with Gasteiger partial charge in [-0.2, -0.15) is 0 Å². The fourth-order valence-corrected chi connectivity index (χ4v) is 2.51. The fourth-order valence-electron chi connectivity index (χ4n) is 2.51. The van der Waals surface area contributed by atoms with E-state index >= 15 is 0 Å². The van der Waals surface area contributed by atoms with Gasteiger partial charge in [-0.15, -0.1) is 0 Å². The highest BCUT2D eigenvalue weighted by atomic mass is 16.2. The van der Waals surface area contributed by atoms with Gasteiger partial charge in [0.25, 0.3) is 0 Å². The molecule has 0 aliphatic carbocycles. The Morgan fingerprint density at radius 3 is 2.47 bits per heavy atom. The number of piperidine rings is 1. The number of amides is 1. The first-order valence-electron chi connectivity index (χ1n) is 7.54. The summed E-state index contributed by atoms with van der Waals surface area (Å²) >= 11 is 0. The molecule has 0 saturated carbocycles. The van der Waals surface area contributed by atoms with Gasteiger partial charge in [-0.3, -0.25) is 4.79 Å². The van der Waals surface area contributed by atoms with Gasteiger partial charge in [0, 0.05) is 25.2 Å². The Morgan fingerprint density at radius 2 is 1.95 bits per heavy atom. The molecule has 112 valence electrons. The number of hydrogen-bond donors (Lipinski definition) is 3. The third kappa shape index (κ3) is 5.89. The second-order valence-corrected chi connectivity index (χ2v) is 5.80. The number of nitrogens with two attached hydrogens (primary N) is 2. The number of hydrogen-bond acceptors (Lipinski definition) is 4. The van der Waals surface area contributed by atoms with E-state index in [1.54, 1.807) is 0 Å². The Hall–Kier alpha value is -0.650. The van der Waals surface area contributed by atoms with Crippen LogP contribution in [-0.4, -0.2) is 48.6 Å². The second kappa shape index (κ2) is 8.51. The van der Waals surface area contributed by atoms with Crippen LogP contribution >= 0.6 is 0 Å². The summed E-state index contributed by atoms with van der Waals surface area (Å²) in [7, 11) is 0. The molecule has 19 heavy (non-hydrogen) atoms. The van der Waals surface area contributed by atoms with E-state index in [0.29, 0.717) is 18.6 Å². The van der Waals surface area contributed by atoms with Crippen LogP contribution in [0, 0.1) is 0 Å². The Kier molecular flexibility index (Phi) is 7.34. The number of rotatable bonds is 7. The first kappa shape index (κ1) is 16.4. The standard InChI is InChI=1S/C14H30N4O/c1-11(2)18-9-6-12(7-10-18)17-14(19)13(16)5-3-4-8-15/h11-13H,3-10,15-16H2,1-2H3,(H,17,19)/t13-/m0/s1. The molecule has 5 nitrogen and oxygen atoms in total. The monoisotopic (exact) mass is 270 g/mol. The maximum absolute atomic E-state index is 11.9. The van der Waals surface area contributed by atoms with E-state index in [-0.39, 0.29) is 11.9 Å². The average molecular weight is 270 g/mol. The summed E-state index contributed by atoms with van der Waals surface area (Å²) in [6.45, 7) is 7.22. The largest absolute Gasteiger partial charge is 0.352 e. The van der Waals surface area contributed by atoms with E-state index < -0.39 is 0 Å². The number of nitrogens with one attached hydrogen (secondary N) is 1. The van der Waals surface area contributed by atoms with Gasteiger partial charge < -0.3 is 21.7 Å². The van der Waals surface area contributed by atoms with Crippen molar-refractivity contribution in [1.29, 1.82) is 0 Å². The molecule has 1 aliphatic heterocycles. The first-order valence-corrected chi connectivity index (χ1v) is 7.54. The summed E-state index contributed by atoms with van der Waals surface area (Å²) in [4.78, 5) is 14.4. The van der Waals surface area contributed by atoms with Crippen molar-refractivity contribution < 1.29 is 4.79 Å². The Balaban J connectivity index is 2.22. The maximum Gasteiger partial charge on any atom is 0.237 e. The molecule has 1 atom stereocenters. The minimum Gasteiger partial charge on any atom is -0.352 e. The van der Waals surface area contributed by atoms with Crippen LogP contribution in [0.25, 0.3) is 0 Å². The molecule has 1 aliphatic rings. The zero-order valence-corrected chi connectivity index (χ0v) is 12.4. The molecule has 0 aromatic heterocycles. The van der Waals surface area contributed by atoms with Crippen molar-refractivity contribution in [2.75, 3.05) is 19.6 Å². The normalized spacial score (nSPS) is 19.6. The first-order chi connectivity index (χ1) is 9.04. The van der Waals surface area contributed by atoms with Crippen molar-refractivity contribution in [3.8, 4) is 0 Å². The van der Waals surface area contributed by atoms with Crippen LogP contribution < -0.4 is 16.8 Å². The summed E-state index contributed by atoms with van der Waals surface area (Å²) < 4.78 is 0. The molecule has 1 amide bonds. The Bertz CT molecular complexity index is 262. The number of unbranched alkanes of at least 4 members (excludes halogenated alkanes) is 1. The van der Waals surface area contributed by atoms with Gasteiger partial charge in [-0.25, -0.2) is 0 Å². The molecule has 0 aromatic carbocycles. The molecule has 1 heterocycles. The Morgan fingerprint density at radius 1 is 1.32 bits per heavy atom. The van der Waals surface area contributed by atoms with Crippen LogP contribution in [0.4, 0.5) is 0 Å². The molecule has 1 rings (SSSR count). The highest BCUT2D eigenvalue weighted by Gasteiger charge is 2.23. The molecular weight excluding hydrogens is 240 g/mol. The van der Waals surface area contributed by atoms with Gasteiger partial charge >= 0.3 is 0 Å². The van der Waals surface area contributed by atoms with Gasteiger partial charge in [0.15, 0.2) is 0 Å².